The number of benzene rings is 2. The average molecular weight is 429 g/mol. The Labute approximate surface area is 180 Å². The molecule has 0 spiro atoms. The molecule has 1 fully saturated rings. The highest BCUT2D eigenvalue weighted by atomic mass is 32.2. The lowest BCUT2D eigenvalue weighted by Gasteiger charge is -2.31. The molecule has 162 valence electrons. The minimum atomic E-state index is -3.56. The molecule has 1 aliphatic heterocycles. The standard InChI is InChI=1S/C24H32N2O3S/c1-16(2)20-6-8-22(9-7-20)25-24(27)21-10-12-26(13-11-21)30(28,29)23-18(4)14-17(3)15-19(23)5/h6-9,14-16,21H,10-13H2,1-5H3,(H,25,27). The number of amides is 1. The SMILES string of the molecule is Cc1cc(C)c(S(=O)(=O)N2CCC(C(=O)Nc3ccc(C(C)C)cc3)CC2)c(C)c1. The third-order valence-corrected chi connectivity index (χ3v) is 8.08. The second-order valence-corrected chi connectivity index (χ2v) is 10.5. The quantitative estimate of drug-likeness (QED) is 0.746. The van der Waals surface area contributed by atoms with Crippen LogP contribution in [0.2, 0.25) is 0 Å². The van der Waals surface area contributed by atoms with E-state index in [0.29, 0.717) is 36.7 Å². The Morgan fingerprint density at radius 1 is 1.00 bits per heavy atom. The fourth-order valence-corrected chi connectivity index (χ4v) is 6.14. The van der Waals surface area contributed by atoms with Crippen molar-refractivity contribution in [2.45, 2.75) is 58.3 Å². The molecule has 2 aromatic rings. The molecule has 1 heterocycles. The number of carbonyl (C=O) groups excluding carboxylic acids is 1. The van der Waals surface area contributed by atoms with Crippen LogP contribution in [0.3, 0.4) is 0 Å². The van der Waals surface area contributed by atoms with Crippen LogP contribution in [0.25, 0.3) is 0 Å². The number of hydrogen-bond donors (Lipinski definition) is 1. The minimum Gasteiger partial charge on any atom is -0.326 e. The molecule has 2 aromatic carbocycles. The van der Waals surface area contributed by atoms with Gasteiger partial charge in [0.15, 0.2) is 0 Å². The molecular weight excluding hydrogens is 396 g/mol. The topological polar surface area (TPSA) is 66.5 Å². The van der Waals surface area contributed by atoms with Crippen LogP contribution in [0.5, 0.6) is 0 Å². The Hall–Kier alpha value is -2.18. The predicted octanol–water partition coefficient (Wildman–Crippen LogP) is 4.77. The van der Waals surface area contributed by atoms with E-state index >= 15 is 0 Å². The predicted molar refractivity (Wildman–Crippen MR) is 121 cm³/mol. The van der Waals surface area contributed by atoms with E-state index in [2.05, 4.69) is 19.2 Å². The lowest BCUT2D eigenvalue weighted by atomic mass is 9.97. The summed E-state index contributed by atoms with van der Waals surface area (Å²) in [6, 6.07) is 11.7. The van der Waals surface area contributed by atoms with E-state index in [0.717, 1.165) is 22.4 Å². The molecule has 0 unspecified atom stereocenters. The normalized spacial score (nSPS) is 16.1. The van der Waals surface area contributed by atoms with Crippen molar-refractivity contribution in [3.05, 3.63) is 58.7 Å². The molecule has 0 aliphatic carbocycles. The summed E-state index contributed by atoms with van der Waals surface area (Å²) >= 11 is 0. The van der Waals surface area contributed by atoms with Gasteiger partial charge in [-0.3, -0.25) is 4.79 Å². The fourth-order valence-electron chi connectivity index (χ4n) is 4.26. The summed E-state index contributed by atoms with van der Waals surface area (Å²) in [7, 11) is -3.56. The molecule has 6 heteroatoms. The maximum absolute atomic E-state index is 13.2. The molecule has 5 nitrogen and oxygen atoms in total. The summed E-state index contributed by atoms with van der Waals surface area (Å²) in [5.74, 6) is 0.232. The lowest BCUT2D eigenvalue weighted by molar-refractivity contribution is -0.120. The first-order valence-electron chi connectivity index (χ1n) is 10.6. The van der Waals surface area contributed by atoms with Crippen LogP contribution < -0.4 is 5.32 Å². The number of hydrogen-bond acceptors (Lipinski definition) is 3. The van der Waals surface area contributed by atoms with Gasteiger partial charge in [-0.1, -0.05) is 43.7 Å². The number of piperidine rings is 1. The van der Waals surface area contributed by atoms with Crippen LogP contribution in [0.15, 0.2) is 41.3 Å². The third-order valence-electron chi connectivity index (χ3n) is 5.87. The fraction of sp³-hybridized carbons (Fsp3) is 0.458. The third kappa shape index (κ3) is 4.76. The number of anilines is 1. The van der Waals surface area contributed by atoms with Crippen molar-refractivity contribution in [3.8, 4) is 0 Å². The number of rotatable bonds is 5. The zero-order chi connectivity index (χ0) is 22.1. The lowest BCUT2D eigenvalue weighted by Crippen LogP contribution is -2.41. The molecule has 0 radical (unpaired) electrons. The van der Waals surface area contributed by atoms with Gasteiger partial charge in [-0.15, -0.1) is 0 Å². The highest BCUT2D eigenvalue weighted by molar-refractivity contribution is 7.89. The van der Waals surface area contributed by atoms with Gasteiger partial charge >= 0.3 is 0 Å². The van der Waals surface area contributed by atoms with E-state index in [1.807, 2.05) is 57.2 Å². The zero-order valence-corrected chi connectivity index (χ0v) is 19.3. The van der Waals surface area contributed by atoms with Crippen molar-refractivity contribution in [2.75, 3.05) is 18.4 Å². The summed E-state index contributed by atoms with van der Waals surface area (Å²) < 4.78 is 28.0. The Morgan fingerprint density at radius 2 is 1.53 bits per heavy atom. The van der Waals surface area contributed by atoms with E-state index in [9.17, 15) is 13.2 Å². The summed E-state index contributed by atoms with van der Waals surface area (Å²) in [6.45, 7) is 10.6. The van der Waals surface area contributed by atoms with Crippen molar-refractivity contribution >= 4 is 21.6 Å². The summed E-state index contributed by atoms with van der Waals surface area (Å²) in [5.41, 5.74) is 4.62. The number of carbonyl (C=O) groups is 1. The monoisotopic (exact) mass is 428 g/mol. The van der Waals surface area contributed by atoms with Gasteiger partial charge in [0, 0.05) is 24.7 Å². The largest absolute Gasteiger partial charge is 0.326 e. The van der Waals surface area contributed by atoms with Gasteiger partial charge in [-0.25, -0.2) is 8.42 Å². The smallest absolute Gasteiger partial charge is 0.243 e. The molecule has 0 atom stereocenters. The maximum Gasteiger partial charge on any atom is 0.243 e. The average Bonchev–Trinajstić information content (AvgIpc) is 2.67. The number of nitrogens with zero attached hydrogens (tertiary/aromatic N) is 1. The Morgan fingerprint density at radius 3 is 2.03 bits per heavy atom. The highest BCUT2D eigenvalue weighted by Crippen LogP contribution is 2.29. The minimum absolute atomic E-state index is 0.0351. The molecule has 0 aromatic heterocycles. The van der Waals surface area contributed by atoms with Gasteiger partial charge in [-0.05, 0) is 68.4 Å². The maximum atomic E-state index is 13.2. The van der Waals surface area contributed by atoms with Crippen molar-refractivity contribution in [1.82, 2.24) is 4.31 Å². The van der Waals surface area contributed by atoms with E-state index in [1.165, 1.54) is 9.87 Å². The van der Waals surface area contributed by atoms with Crippen LogP contribution in [-0.4, -0.2) is 31.7 Å². The van der Waals surface area contributed by atoms with Crippen LogP contribution in [0.1, 0.15) is 54.9 Å². The van der Waals surface area contributed by atoms with Crippen LogP contribution in [0.4, 0.5) is 5.69 Å². The Balaban J connectivity index is 1.65. The van der Waals surface area contributed by atoms with Gasteiger partial charge in [-0.2, -0.15) is 4.31 Å². The van der Waals surface area contributed by atoms with Gasteiger partial charge < -0.3 is 5.32 Å². The first-order chi connectivity index (χ1) is 14.1. The van der Waals surface area contributed by atoms with Gasteiger partial charge in [0.05, 0.1) is 4.90 Å². The van der Waals surface area contributed by atoms with Crippen molar-refractivity contribution in [1.29, 1.82) is 0 Å². The Kier molecular flexibility index (Phi) is 6.68. The molecule has 3 rings (SSSR count). The summed E-state index contributed by atoms with van der Waals surface area (Å²) in [6.07, 6.45) is 1.05. The molecule has 30 heavy (non-hydrogen) atoms. The summed E-state index contributed by atoms with van der Waals surface area (Å²) in [5, 5.41) is 2.98. The second kappa shape index (κ2) is 8.90. The molecule has 0 bridgehead atoms. The number of sulfonamides is 1. The van der Waals surface area contributed by atoms with Crippen LogP contribution in [-0.2, 0) is 14.8 Å². The highest BCUT2D eigenvalue weighted by Gasteiger charge is 2.33. The van der Waals surface area contributed by atoms with Crippen molar-refractivity contribution in [3.63, 3.8) is 0 Å². The van der Waals surface area contributed by atoms with Gasteiger partial charge in [0.2, 0.25) is 15.9 Å². The first kappa shape index (κ1) is 22.5. The number of aryl methyl sites for hydroxylation is 3. The van der Waals surface area contributed by atoms with Crippen LogP contribution in [0, 0.1) is 26.7 Å². The van der Waals surface area contributed by atoms with Crippen molar-refractivity contribution in [2.24, 2.45) is 5.92 Å². The van der Waals surface area contributed by atoms with E-state index in [1.54, 1.807) is 0 Å². The molecule has 0 saturated carbocycles. The number of nitrogens with one attached hydrogen (secondary N) is 1. The second-order valence-electron chi connectivity index (χ2n) is 8.67. The molecule has 1 amide bonds. The molecule has 1 aliphatic rings. The van der Waals surface area contributed by atoms with E-state index in [-0.39, 0.29) is 11.8 Å². The van der Waals surface area contributed by atoms with Crippen LogP contribution >= 0.6 is 0 Å². The molecule has 1 saturated heterocycles. The van der Waals surface area contributed by atoms with Gasteiger partial charge in [0.25, 0.3) is 0 Å². The molecule has 1 N–H and O–H groups in total. The van der Waals surface area contributed by atoms with Crippen molar-refractivity contribution < 1.29 is 13.2 Å². The van der Waals surface area contributed by atoms with E-state index < -0.39 is 10.0 Å². The summed E-state index contributed by atoms with van der Waals surface area (Å²) in [4.78, 5) is 13.1. The first-order valence-corrected chi connectivity index (χ1v) is 12.0. The Bertz CT molecular complexity index is 996. The van der Waals surface area contributed by atoms with E-state index in [4.69, 9.17) is 0 Å². The molecular formula is C24H32N2O3S. The zero-order valence-electron chi connectivity index (χ0n) is 18.5. The van der Waals surface area contributed by atoms with Gasteiger partial charge in [0.1, 0.15) is 0 Å².